The second-order valence-corrected chi connectivity index (χ2v) is 17.8. The van der Waals surface area contributed by atoms with Crippen LogP contribution < -0.4 is 0 Å². The molecule has 1 saturated carbocycles. The smallest absolute Gasteiger partial charge is 0.0461 e. The van der Waals surface area contributed by atoms with Crippen LogP contribution in [0, 0.1) is 24.7 Å². The van der Waals surface area contributed by atoms with Crippen LogP contribution >= 0.6 is 23.5 Å². The third-order valence-electron chi connectivity index (χ3n) is 12.7. The van der Waals surface area contributed by atoms with Gasteiger partial charge in [0.15, 0.2) is 0 Å². The van der Waals surface area contributed by atoms with Gasteiger partial charge in [0.05, 0.1) is 0 Å². The molecule has 0 bridgehead atoms. The summed E-state index contributed by atoms with van der Waals surface area (Å²) in [5.74, 6) is 6.77. The molecule has 0 unspecified atom stereocenters. The third-order valence-corrected chi connectivity index (χ3v) is 14.3. The zero-order valence-corrected chi connectivity index (χ0v) is 31.7. The predicted octanol–water partition coefficient (Wildman–Crippen LogP) is 9.41. The lowest BCUT2D eigenvalue weighted by molar-refractivity contribution is 0.0876. The third kappa shape index (κ3) is 6.09. The van der Waals surface area contributed by atoms with E-state index in [4.69, 9.17) is 0 Å². The van der Waals surface area contributed by atoms with Gasteiger partial charge < -0.3 is 9.97 Å². The summed E-state index contributed by atoms with van der Waals surface area (Å²) in [6, 6.07) is 15.4. The largest absolute Gasteiger partial charge is 0.358 e. The number of thioether (sulfide) groups is 2. The maximum Gasteiger partial charge on any atom is 0.0461 e. The average molecular weight is 683 g/mol. The van der Waals surface area contributed by atoms with E-state index in [0.717, 1.165) is 42.1 Å². The lowest BCUT2D eigenvalue weighted by Crippen LogP contribution is -2.51. The van der Waals surface area contributed by atoms with Gasteiger partial charge in [0.25, 0.3) is 0 Å². The number of aryl methyl sites for hydroxylation is 2. The van der Waals surface area contributed by atoms with Crippen LogP contribution in [0.4, 0.5) is 0 Å². The molecule has 6 atom stereocenters. The Morgan fingerprint density at radius 3 is 1.92 bits per heavy atom. The fourth-order valence-electron chi connectivity index (χ4n) is 10.6. The number of aromatic amines is 2. The molecule has 258 valence electrons. The Labute approximate surface area is 298 Å². The van der Waals surface area contributed by atoms with Crippen LogP contribution in [0.1, 0.15) is 91.4 Å². The van der Waals surface area contributed by atoms with E-state index in [-0.39, 0.29) is 0 Å². The zero-order chi connectivity index (χ0) is 32.9. The van der Waals surface area contributed by atoms with Gasteiger partial charge in [0.2, 0.25) is 0 Å². The van der Waals surface area contributed by atoms with Gasteiger partial charge in [-0.15, -0.1) is 0 Å². The fourth-order valence-corrected chi connectivity index (χ4v) is 12.1. The highest BCUT2D eigenvalue weighted by Gasteiger charge is 2.43. The van der Waals surface area contributed by atoms with Crippen LogP contribution in [0.15, 0.2) is 36.4 Å². The van der Waals surface area contributed by atoms with Gasteiger partial charge in [-0.3, -0.25) is 9.80 Å². The molecule has 2 aliphatic heterocycles. The lowest BCUT2D eigenvalue weighted by Gasteiger charge is -2.47. The number of benzene rings is 2. The topological polar surface area (TPSA) is 38.1 Å². The van der Waals surface area contributed by atoms with Crippen molar-refractivity contribution in [1.29, 1.82) is 0 Å². The van der Waals surface area contributed by atoms with Crippen molar-refractivity contribution in [3.63, 3.8) is 0 Å². The maximum atomic E-state index is 3.72. The monoisotopic (exact) mass is 682 g/mol. The molecule has 6 heteroatoms. The molecule has 5 aliphatic rings. The number of nitrogens with zero attached hydrogens (tertiary/aromatic N) is 2. The van der Waals surface area contributed by atoms with Gasteiger partial charge in [-0.25, -0.2) is 0 Å². The summed E-state index contributed by atoms with van der Waals surface area (Å²) < 4.78 is 0. The summed E-state index contributed by atoms with van der Waals surface area (Å²) in [6.45, 7) is 12.1. The molecular weight excluding hydrogens is 625 g/mol. The van der Waals surface area contributed by atoms with Crippen molar-refractivity contribution < 1.29 is 0 Å². The molecule has 2 saturated heterocycles. The number of aromatic nitrogens is 2. The summed E-state index contributed by atoms with van der Waals surface area (Å²) in [5, 5.41) is 3.13. The number of piperidine rings is 2. The Kier molecular flexibility index (Phi) is 9.74. The van der Waals surface area contributed by atoms with Crippen molar-refractivity contribution in [3.8, 4) is 0 Å². The molecule has 4 aromatic rings. The molecule has 2 aromatic heterocycles. The van der Waals surface area contributed by atoms with E-state index in [0.29, 0.717) is 6.04 Å². The van der Waals surface area contributed by atoms with Crippen LogP contribution in [0.25, 0.3) is 21.8 Å². The minimum Gasteiger partial charge on any atom is -0.358 e. The SMILES string of the molecule is CCCN1C[C@H](CSC)C[C@@H]2c3cccc4[nH]c(CC)c(c34)C[C@H]21.CSC[C@@H]1C[C@@H]2c3cccc4[nH]c(C)c(c34)C[C@H]2N(CC2CC2)C1. The van der Waals surface area contributed by atoms with Crippen molar-refractivity contribution in [1.82, 2.24) is 19.8 Å². The normalized spacial score (nSPS) is 28.3. The molecule has 9 rings (SSSR count). The first-order valence-corrected chi connectivity index (χ1v) is 22.0. The Morgan fingerprint density at radius 1 is 0.729 bits per heavy atom. The summed E-state index contributed by atoms with van der Waals surface area (Å²) >= 11 is 4.05. The average Bonchev–Trinajstić information content (AvgIpc) is 3.75. The lowest BCUT2D eigenvalue weighted by atomic mass is 9.72. The highest BCUT2D eigenvalue weighted by Crippen LogP contribution is 2.48. The molecule has 0 radical (unpaired) electrons. The molecule has 2 aromatic carbocycles. The second kappa shape index (κ2) is 14.0. The Morgan fingerprint density at radius 2 is 1.31 bits per heavy atom. The molecule has 2 N–H and O–H groups in total. The number of hydrogen-bond donors (Lipinski definition) is 2. The van der Waals surface area contributed by atoms with Crippen molar-refractivity contribution in [3.05, 3.63) is 70.0 Å². The molecule has 48 heavy (non-hydrogen) atoms. The first-order valence-electron chi connectivity index (χ1n) is 19.2. The van der Waals surface area contributed by atoms with Gasteiger partial charge in [0, 0.05) is 76.7 Å². The van der Waals surface area contributed by atoms with E-state index >= 15 is 0 Å². The van der Waals surface area contributed by atoms with Gasteiger partial charge in [0.1, 0.15) is 0 Å². The van der Waals surface area contributed by atoms with Gasteiger partial charge >= 0.3 is 0 Å². The number of nitrogens with one attached hydrogen (secondary N) is 2. The van der Waals surface area contributed by atoms with Crippen molar-refractivity contribution >= 4 is 45.3 Å². The Bertz CT molecular complexity index is 1730. The highest BCUT2D eigenvalue weighted by atomic mass is 32.2. The zero-order valence-electron chi connectivity index (χ0n) is 30.1. The predicted molar refractivity (Wildman–Crippen MR) is 210 cm³/mol. The molecular formula is C42H58N4S2. The van der Waals surface area contributed by atoms with E-state index in [1.807, 2.05) is 23.5 Å². The van der Waals surface area contributed by atoms with E-state index in [1.165, 1.54) is 105 Å². The highest BCUT2D eigenvalue weighted by molar-refractivity contribution is 7.98. The summed E-state index contributed by atoms with van der Waals surface area (Å²) in [6.07, 6.45) is 15.1. The van der Waals surface area contributed by atoms with Crippen LogP contribution in [0.2, 0.25) is 0 Å². The first-order chi connectivity index (χ1) is 23.5. The van der Waals surface area contributed by atoms with Crippen molar-refractivity contribution in [2.75, 3.05) is 50.2 Å². The number of fused-ring (bicyclic) bond motifs is 4. The fraction of sp³-hybridized carbons (Fsp3) is 0.619. The summed E-state index contributed by atoms with van der Waals surface area (Å²) in [5.41, 5.74) is 12.1. The van der Waals surface area contributed by atoms with Crippen molar-refractivity contribution in [2.45, 2.75) is 96.1 Å². The van der Waals surface area contributed by atoms with Crippen molar-refractivity contribution in [2.24, 2.45) is 17.8 Å². The summed E-state index contributed by atoms with van der Waals surface area (Å²) in [7, 11) is 0. The van der Waals surface area contributed by atoms with Crippen LogP contribution in [-0.4, -0.2) is 82.0 Å². The maximum absolute atomic E-state index is 3.72. The number of H-pyrrole nitrogens is 2. The van der Waals surface area contributed by atoms with Gasteiger partial charge in [-0.2, -0.15) is 23.5 Å². The summed E-state index contributed by atoms with van der Waals surface area (Å²) in [4.78, 5) is 13.1. The van der Waals surface area contributed by atoms with Crippen LogP contribution in [-0.2, 0) is 19.3 Å². The van der Waals surface area contributed by atoms with Crippen LogP contribution in [0.3, 0.4) is 0 Å². The number of rotatable bonds is 9. The number of hydrogen-bond acceptors (Lipinski definition) is 4. The minimum atomic E-state index is 0.710. The van der Waals surface area contributed by atoms with Gasteiger partial charge in [-0.1, -0.05) is 38.1 Å². The number of likely N-dealkylation sites (tertiary alicyclic amines) is 2. The quantitative estimate of drug-likeness (QED) is 0.185. The van der Waals surface area contributed by atoms with E-state index in [2.05, 4.69) is 89.4 Å². The molecule has 0 spiro atoms. The van der Waals surface area contributed by atoms with Crippen LogP contribution in [0.5, 0.6) is 0 Å². The van der Waals surface area contributed by atoms with E-state index in [9.17, 15) is 0 Å². The van der Waals surface area contributed by atoms with E-state index in [1.54, 1.807) is 33.0 Å². The minimum absolute atomic E-state index is 0.710. The van der Waals surface area contributed by atoms with Gasteiger partial charge in [-0.05, 0) is 141 Å². The Hall–Kier alpha value is -1.86. The first kappa shape index (κ1) is 33.3. The Balaban J connectivity index is 0.000000140. The standard InChI is InChI=1S/C21H28N2S.C21H30N2S/c1-13-17-9-20-18(16-4-3-5-19(22-13)21(16)17)8-15(12-24-2)11-23(20)10-14-6-7-14;1-4-9-23-12-14(13-24-3)10-16-15-7-6-8-19-21(15)17(11-20(16)23)18(5-2)22-19/h3-5,14-15,18,20,22H,6-12H2,1-2H3;6-8,14,16,20,22H,4-5,9-13H2,1-3H3/t15-,18-,20-;14-,16-,20-/m11/s1. The molecule has 3 aliphatic carbocycles. The molecule has 4 heterocycles. The molecule has 0 amide bonds. The molecule has 3 fully saturated rings. The second-order valence-electron chi connectivity index (χ2n) is 16.0. The van der Waals surface area contributed by atoms with E-state index < -0.39 is 0 Å². The molecule has 4 nitrogen and oxygen atoms in total.